The van der Waals surface area contributed by atoms with E-state index < -0.39 is 5.97 Å². The summed E-state index contributed by atoms with van der Waals surface area (Å²) in [7, 11) is 1.62. The molecule has 2 aromatic rings. The quantitative estimate of drug-likeness (QED) is 0.796. The van der Waals surface area contributed by atoms with Gasteiger partial charge < -0.3 is 19.1 Å². The summed E-state index contributed by atoms with van der Waals surface area (Å²) in [6, 6.07) is 10.8. The van der Waals surface area contributed by atoms with Crippen molar-refractivity contribution in [2.45, 2.75) is 19.9 Å². The Morgan fingerprint density at radius 3 is 2.43 bits per heavy atom. The summed E-state index contributed by atoms with van der Waals surface area (Å²) in [5.41, 5.74) is 1.26. The Bertz CT molecular complexity index is 601. The summed E-state index contributed by atoms with van der Waals surface area (Å²) < 4.78 is 12.5. The van der Waals surface area contributed by atoms with Gasteiger partial charge in [0.25, 0.3) is 0 Å². The van der Waals surface area contributed by atoms with E-state index in [4.69, 9.17) is 14.6 Å². The van der Waals surface area contributed by atoms with E-state index in [1.54, 1.807) is 17.7 Å². The third-order valence-electron chi connectivity index (χ3n) is 3.27. The highest BCUT2D eigenvalue weighted by molar-refractivity contribution is 5.86. The maximum atomic E-state index is 11.1. The number of rotatable bonds is 7. The molecule has 0 aliphatic heterocycles. The number of hydrogen-bond acceptors (Lipinski definition) is 3. The molecule has 0 aliphatic carbocycles. The molecule has 0 fully saturated rings. The number of aromatic nitrogens is 1. The van der Waals surface area contributed by atoms with Crippen molar-refractivity contribution in [1.82, 2.24) is 4.57 Å². The number of methoxy groups -OCH3 is 1. The van der Waals surface area contributed by atoms with E-state index in [2.05, 4.69) is 0 Å². The lowest BCUT2D eigenvalue weighted by molar-refractivity contribution is 0.0684. The lowest BCUT2D eigenvalue weighted by Crippen LogP contribution is -2.12. The van der Waals surface area contributed by atoms with Gasteiger partial charge in [0.2, 0.25) is 0 Å². The molecule has 5 nitrogen and oxygen atoms in total. The number of aromatic carboxylic acids is 1. The highest BCUT2D eigenvalue weighted by Gasteiger charge is 2.11. The van der Waals surface area contributed by atoms with E-state index in [0.29, 0.717) is 18.8 Å². The predicted molar refractivity (Wildman–Crippen MR) is 79.2 cm³/mol. The second-order valence-electron chi connectivity index (χ2n) is 4.69. The molecule has 0 radical (unpaired) electrons. The van der Waals surface area contributed by atoms with Crippen LogP contribution in [0, 0.1) is 6.92 Å². The van der Waals surface area contributed by atoms with E-state index in [0.717, 1.165) is 23.6 Å². The molecule has 0 atom stereocenters. The van der Waals surface area contributed by atoms with Gasteiger partial charge in [0.15, 0.2) is 0 Å². The average molecular weight is 289 g/mol. The van der Waals surface area contributed by atoms with Crippen molar-refractivity contribution in [3.63, 3.8) is 0 Å². The van der Waals surface area contributed by atoms with Crippen molar-refractivity contribution in [3.8, 4) is 11.5 Å². The van der Waals surface area contributed by atoms with Gasteiger partial charge in [0, 0.05) is 12.2 Å². The topological polar surface area (TPSA) is 60.7 Å². The van der Waals surface area contributed by atoms with Crippen LogP contribution in [-0.2, 0) is 6.54 Å². The number of nitrogens with zero attached hydrogens (tertiary/aromatic N) is 1. The molecule has 0 saturated carbocycles. The van der Waals surface area contributed by atoms with Gasteiger partial charge in [-0.05, 0) is 49.7 Å². The van der Waals surface area contributed by atoms with Gasteiger partial charge in [-0.25, -0.2) is 4.79 Å². The van der Waals surface area contributed by atoms with Crippen LogP contribution in [0.3, 0.4) is 0 Å². The highest BCUT2D eigenvalue weighted by atomic mass is 16.5. The molecule has 1 N–H and O–H groups in total. The molecule has 0 aliphatic rings. The molecule has 0 spiro atoms. The van der Waals surface area contributed by atoms with Crippen molar-refractivity contribution in [3.05, 3.63) is 47.8 Å². The first-order valence-electron chi connectivity index (χ1n) is 6.78. The number of aryl methyl sites for hydroxylation is 1. The van der Waals surface area contributed by atoms with Gasteiger partial charge in [0.1, 0.15) is 17.2 Å². The smallest absolute Gasteiger partial charge is 0.352 e. The third kappa shape index (κ3) is 3.78. The SMILES string of the molecule is COc1ccc(OCCCn2c(C)ccc2C(=O)O)cc1. The number of benzene rings is 1. The molecule has 5 heteroatoms. The fourth-order valence-corrected chi connectivity index (χ4v) is 2.14. The lowest BCUT2D eigenvalue weighted by atomic mass is 10.3. The average Bonchev–Trinajstić information content (AvgIpc) is 2.85. The zero-order valence-corrected chi connectivity index (χ0v) is 12.2. The summed E-state index contributed by atoms with van der Waals surface area (Å²) in [5.74, 6) is 0.661. The van der Waals surface area contributed by atoms with Crippen LogP contribution in [0.25, 0.3) is 0 Å². The molecule has 2 rings (SSSR count). The first-order chi connectivity index (χ1) is 10.1. The molecule has 1 heterocycles. The van der Waals surface area contributed by atoms with Crippen molar-refractivity contribution >= 4 is 5.97 Å². The van der Waals surface area contributed by atoms with Gasteiger partial charge in [-0.1, -0.05) is 0 Å². The van der Waals surface area contributed by atoms with Crippen LogP contribution >= 0.6 is 0 Å². The molecule has 1 aromatic carbocycles. The second kappa shape index (κ2) is 6.83. The van der Waals surface area contributed by atoms with Crippen LogP contribution in [-0.4, -0.2) is 29.4 Å². The standard InChI is InChI=1S/C16H19NO4/c1-12-4-9-15(16(18)19)17(12)10-3-11-21-14-7-5-13(20-2)6-8-14/h4-9H,3,10-11H2,1-2H3,(H,18,19). The van der Waals surface area contributed by atoms with Gasteiger partial charge in [-0.3, -0.25) is 0 Å². The third-order valence-corrected chi connectivity index (χ3v) is 3.27. The Morgan fingerprint density at radius 1 is 1.14 bits per heavy atom. The summed E-state index contributed by atoms with van der Waals surface area (Å²) in [5, 5.41) is 9.10. The molecule has 21 heavy (non-hydrogen) atoms. The highest BCUT2D eigenvalue weighted by Crippen LogP contribution is 2.17. The Labute approximate surface area is 123 Å². The van der Waals surface area contributed by atoms with E-state index in [9.17, 15) is 4.79 Å². The van der Waals surface area contributed by atoms with Gasteiger partial charge >= 0.3 is 5.97 Å². The molecular weight excluding hydrogens is 270 g/mol. The van der Waals surface area contributed by atoms with Crippen molar-refractivity contribution in [2.75, 3.05) is 13.7 Å². The second-order valence-corrected chi connectivity index (χ2v) is 4.69. The number of ether oxygens (including phenoxy) is 2. The van der Waals surface area contributed by atoms with E-state index in [-0.39, 0.29) is 0 Å². The first-order valence-corrected chi connectivity index (χ1v) is 6.78. The van der Waals surface area contributed by atoms with Crippen LogP contribution in [0.1, 0.15) is 22.6 Å². The Balaban J connectivity index is 1.84. The molecule has 0 amide bonds. The maximum absolute atomic E-state index is 11.1. The molecule has 1 aromatic heterocycles. The van der Waals surface area contributed by atoms with Crippen LogP contribution in [0.2, 0.25) is 0 Å². The number of carboxylic acid groups (broad SMARTS) is 1. The monoisotopic (exact) mass is 289 g/mol. The normalized spacial score (nSPS) is 10.4. The maximum Gasteiger partial charge on any atom is 0.352 e. The molecule has 0 saturated heterocycles. The van der Waals surface area contributed by atoms with Crippen molar-refractivity contribution in [1.29, 1.82) is 0 Å². The van der Waals surface area contributed by atoms with E-state index in [1.165, 1.54) is 0 Å². The summed E-state index contributed by atoms with van der Waals surface area (Å²) >= 11 is 0. The van der Waals surface area contributed by atoms with E-state index >= 15 is 0 Å². The van der Waals surface area contributed by atoms with Crippen molar-refractivity contribution < 1.29 is 19.4 Å². The zero-order valence-electron chi connectivity index (χ0n) is 12.2. The van der Waals surface area contributed by atoms with Crippen LogP contribution in [0.4, 0.5) is 0 Å². The van der Waals surface area contributed by atoms with Gasteiger partial charge in [0.05, 0.1) is 13.7 Å². The Morgan fingerprint density at radius 2 is 1.81 bits per heavy atom. The Kier molecular flexibility index (Phi) is 4.87. The van der Waals surface area contributed by atoms with E-state index in [1.807, 2.05) is 37.3 Å². The Hall–Kier alpha value is -2.43. The molecule has 0 unspecified atom stereocenters. The number of carboxylic acids is 1. The lowest BCUT2D eigenvalue weighted by Gasteiger charge is -2.10. The molecular formula is C16H19NO4. The number of carbonyl (C=O) groups is 1. The molecule has 0 bridgehead atoms. The predicted octanol–water partition coefficient (Wildman–Crippen LogP) is 2.97. The van der Waals surface area contributed by atoms with Crippen molar-refractivity contribution in [2.24, 2.45) is 0 Å². The number of hydrogen-bond donors (Lipinski definition) is 1. The fraction of sp³-hybridized carbons (Fsp3) is 0.312. The van der Waals surface area contributed by atoms with Crippen LogP contribution in [0.15, 0.2) is 36.4 Å². The largest absolute Gasteiger partial charge is 0.497 e. The minimum atomic E-state index is -0.904. The first kappa shape index (κ1) is 15.0. The van der Waals surface area contributed by atoms with Gasteiger partial charge in [-0.15, -0.1) is 0 Å². The minimum absolute atomic E-state index is 0.317. The summed E-state index contributed by atoms with van der Waals surface area (Å²) in [6.07, 6.45) is 0.738. The molecule has 112 valence electrons. The fourth-order valence-electron chi connectivity index (χ4n) is 2.14. The van der Waals surface area contributed by atoms with Crippen LogP contribution < -0.4 is 9.47 Å². The minimum Gasteiger partial charge on any atom is -0.497 e. The van der Waals surface area contributed by atoms with Crippen LogP contribution in [0.5, 0.6) is 11.5 Å². The summed E-state index contributed by atoms with van der Waals surface area (Å²) in [4.78, 5) is 11.1. The zero-order chi connectivity index (χ0) is 15.2. The summed E-state index contributed by atoms with van der Waals surface area (Å²) in [6.45, 7) is 3.05. The van der Waals surface area contributed by atoms with Gasteiger partial charge in [-0.2, -0.15) is 0 Å².